The van der Waals surface area contributed by atoms with Crippen molar-refractivity contribution < 1.29 is 4.74 Å². The molecule has 0 aliphatic carbocycles. The van der Waals surface area contributed by atoms with Crippen LogP contribution in [0, 0.1) is 20.8 Å². The minimum Gasteiger partial charge on any atom is -0.475 e. The van der Waals surface area contributed by atoms with Crippen LogP contribution in [0.25, 0.3) is 22.6 Å². The van der Waals surface area contributed by atoms with E-state index in [0.717, 1.165) is 34.0 Å². The first kappa shape index (κ1) is 20.0. The minimum absolute atomic E-state index is 0.481. The molecule has 0 N–H and O–H groups in total. The summed E-state index contributed by atoms with van der Waals surface area (Å²) in [5.41, 5.74) is 8.26. The highest BCUT2D eigenvalue weighted by Crippen LogP contribution is 2.26. The number of aryl methyl sites for hydroxylation is 3. The fourth-order valence-electron chi connectivity index (χ4n) is 3.80. The minimum atomic E-state index is 0.481. The molecule has 5 rings (SSSR count). The molecule has 160 valence electrons. The van der Waals surface area contributed by atoms with E-state index in [4.69, 9.17) is 9.72 Å². The summed E-state index contributed by atoms with van der Waals surface area (Å²) in [5, 5.41) is 9.02. The van der Waals surface area contributed by atoms with Crippen molar-refractivity contribution in [3.63, 3.8) is 0 Å². The van der Waals surface area contributed by atoms with Crippen LogP contribution in [0.1, 0.15) is 22.5 Å². The zero-order chi connectivity index (χ0) is 22.1. The van der Waals surface area contributed by atoms with Gasteiger partial charge in [0.05, 0.1) is 23.7 Å². The summed E-state index contributed by atoms with van der Waals surface area (Å²) in [6, 6.07) is 22.5. The van der Waals surface area contributed by atoms with E-state index >= 15 is 0 Å². The molecule has 3 aromatic heterocycles. The SMILES string of the molecule is Cc1ccc(-c2nc3ccc(C)cn3c2CCOc2nn(-c3ccccc3)nc2C)cc1. The van der Waals surface area contributed by atoms with Gasteiger partial charge in [0.2, 0.25) is 0 Å². The Morgan fingerprint density at radius 3 is 2.34 bits per heavy atom. The molecule has 0 atom stereocenters. The molecule has 0 unspecified atom stereocenters. The molecule has 5 aromatic rings. The van der Waals surface area contributed by atoms with Gasteiger partial charge in [-0.1, -0.05) is 54.1 Å². The normalized spacial score (nSPS) is 11.2. The second-order valence-corrected chi connectivity index (χ2v) is 8.02. The lowest BCUT2D eigenvalue weighted by atomic mass is 10.1. The third-order valence-electron chi connectivity index (χ3n) is 5.49. The van der Waals surface area contributed by atoms with E-state index in [-0.39, 0.29) is 0 Å². The van der Waals surface area contributed by atoms with Crippen molar-refractivity contribution in [2.45, 2.75) is 27.2 Å². The Kier molecular flexibility index (Phi) is 5.19. The van der Waals surface area contributed by atoms with Crippen LogP contribution in [0.15, 0.2) is 72.9 Å². The predicted octanol–water partition coefficient (Wildman–Crippen LogP) is 5.13. The summed E-state index contributed by atoms with van der Waals surface area (Å²) in [6.07, 6.45) is 2.83. The molecule has 0 aliphatic heterocycles. The van der Waals surface area contributed by atoms with E-state index in [9.17, 15) is 0 Å². The number of aromatic nitrogens is 5. The number of pyridine rings is 1. The standard InChI is InChI=1S/C26H25N5O/c1-18-9-12-21(13-10-18)25-23(30-17-19(2)11-14-24(30)27-25)15-16-32-26-20(3)28-31(29-26)22-7-5-4-6-8-22/h4-14,17H,15-16H2,1-3H3. The predicted molar refractivity (Wildman–Crippen MR) is 125 cm³/mol. The van der Waals surface area contributed by atoms with Crippen molar-refractivity contribution in [1.82, 2.24) is 24.4 Å². The second-order valence-electron chi connectivity index (χ2n) is 8.02. The van der Waals surface area contributed by atoms with E-state index < -0.39 is 0 Å². The van der Waals surface area contributed by atoms with Crippen LogP contribution in [0.4, 0.5) is 0 Å². The number of rotatable bonds is 6. The van der Waals surface area contributed by atoms with Gasteiger partial charge in [0.25, 0.3) is 5.88 Å². The van der Waals surface area contributed by atoms with Crippen LogP contribution in [0.3, 0.4) is 0 Å². The lowest BCUT2D eigenvalue weighted by Crippen LogP contribution is -2.06. The van der Waals surface area contributed by atoms with Crippen molar-refractivity contribution in [1.29, 1.82) is 0 Å². The lowest BCUT2D eigenvalue weighted by Gasteiger charge is -2.07. The van der Waals surface area contributed by atoms with E-state index in [1.807, 2.05) is 37.3 Å². The fourth-order valence-corrected chi connectivity index (χ4v) is 3.80. The summed E-state index contributed by atoms with van der Waals surface area (Å²) in [6.45, 7) is 6.58. The van der Waals surface area contributed by atoms with Crippen LogP contribution in [0.2, 0.25) is 0 Å². The third kappa shape index (κ3) is 3.87. The highest BCUT2D eigenvalue weighted by atomic mass is 16.5. The van der Waals surface area contributed by atoms with Gasteiger partial charge in [-0.25, -0.2) is 4.98 Å². The number of ether oxygens (including phenoxy) is 1. The van der Waals surface area contributed by atoms with Crippen LogP contribution >= 0.6 is 0 Å². The summed E-state index contributed by atoms with van der Waals surface area (Å²) >= 11 is 0. The second kappa shape index (κ2) is 8.30. The number of para-hydroxylation sites is 1. The largest absolute Gasteiger partial charge is 0.475 e. The van der Waals surface area contributed by atoms with Crippen LogP contribution in [0.5, 0.6) is 5.88 Å². The Hall–Kier alpha value is -3.93. The van der Waals surface area contributed by atoms with Crippen LogP contribution in [-0.2, 0) is 6.42 Å². The number of fused-ring (bicyclic) bond motifs is 1. The lowest BCUT2D eigenvalue weighted by molar-refractivity contribution is 0.304. The third-order valence-corrected chi connectivity index (χ3v) is 5.49. The molecule has 0 spiro atoms. The van der Waals surface area contributed by atoms with E-state index in [0.29, 0.717) is 18.9 Å². The first-order chi connectivity index (χ1) is 15.6. The molecule has 6 heteroatoms. The molecule has 0 radical (unpaired) electrons. The van der Waals surface area contributed by atoms with Gasteiger partial charge in [0.15, 0.2) is 0 Å². The van der Waals surface area contributed by atoms with Gasteiger partial charge >= 0.3 is 0 Å². The monoisotopic (exact) mass is 423 g/mol. The molecule has 0 saturated heterocycles. The van der Waals surface area contributed by atoms with Crippen molar-refractivity contribution >= 4 is 5.65 Å². The van der Waals surface area contributed by atoms with Gasteiger partial charge in [-0.05, 0) is 44.5 Å². The zero-order valence-corrected chi connectivity index (χ0v) is 18.5. The van der Waals surface area contributed by atoms with Gasteiger partial charge in [0, 0.05) is 18.2 Å². The van der Waals surface area contributed by atoms with Crippen molar-refractivity contribution in [3.8, 4) is 22.8 Å². The van der Waals surface area contributed by atoms with Gasteiger partial charge in [-0.3, -0.25) is 0 Å². The van der Waals surface area contributed by atoms with Gasteiger partial charge in [-0.2, -0.15) is 0 Å². The topological polar surface area (TPSA) is 57.2 Å². The summed E-state index contributed by atoms with van der Waals surface area (Å²) in [7, 11) is 0. The maximum atomic E-state index is 6.07. The van der Waals surface area contributed by atoms with Gasteiger partial charge in [-0.15, -0.1) is 15.0 Å². The molecule has 6 nitrogen and oxygen atoms in total. The zero-order valence-electron chi connectivity index (χ0n) is 18.5. The van der Waals surface area contributed by atoms with E-state index in [1.165, 1.54) is 11.1 Å². The summed E-state index contributed by atoms with van der Waals surface area (Å²) in [4.78, 5) is 6.53. The van der Waals surface area contributed by atoms with Gasteiger partial charge in [0.1, 0.15) is 11.3 Å². The Morgan fingerprint density at radius 1 is 0.812 bits per heavy atom. The highest BCUT2D eigenvalue weighted by molar-refractivity contribution is 5.67. The molecule has 0 amide bonds. The molecule has 0 saturated carbocycles. The van der Waals surface area contributed by atoms with Crippen molar-refractivity contribution in [2.75, 3.05) is 6.61 Å². The number of imidazole rings is 1. The first-order valence-electron chi connectivity index (χ1n) is 10.8. The maximum Gasteiger partial charge on any atom is 0.256 e. The van der Waals surface area contributed by atoms with E-state index in [1.54, 1.807) is 4.80 Å². The fraction of sp³-hybridized carbons (Fsp3) is 0.192. The van der Waals surface area contributed by atoms with E-state index in [2.05, 4.69) is 71.0 Å². The molecule has 0 bridgehead atoms. The average molecular weight is 424 g/mol. The summed E-state index contributed by atoms with van der Waals surface area (Å²) < 4.78 is 8.23. The number of hydrogen-bond donors (Lipinski definition) is 0. The Balaban J connectivity index is 1.42. The molecule has 32 heavy (non-hydrogen) atoms. The Bertz CT molecular complexity index is 1370. The summed E-state index contributed by atoms with van der Waals surface area (Å²) in [5.74, 6) is 0.552. The van der Waals surface area contributed by atoms with Crippen molar-refractivity contribution in [3.05, 3.63) is 95.4 Å². The highest BCUT2D eigenvalue weighted by Gasteiger charge is 2.16. The molecule has 2 aromatic carbocycles. The average Bonchev–Trinajstić information content (AvgIpc) is 3.35. The molecule has 0 fully saturated rings. The molecule has 0 aliphatic rings. The number of hydrogen-bond acceptors (Lipinski definition) is 4. The number of benzene rings is 2. The van der Waals surface area contributed by atoms with Crippen molar-refractivity contribution in [2.24, 2.45) is 0 Å². The Morgan fingerprint density at radius 2 is 1.56 bits per heavy atom. The quantitative estimate of drug-likeness (QED) is 0.380. The molecule has 3 heterocycles. The molecular weight excluding hydrogens is 398 g/mol. The van der Waals surface area contributed by atoms with Crippen LogP contribution < -0.4 is 4.74 Å². The Labute approximate surface area is 187 Å². The van der Waals surface area contributed by atoms with Crippen LogP contribution in [-0.4, -0.2) is 31.0 Å². The first-order valence-corrected chi connectivity index (χ1v) is 10.8. The van der Waals surface area contributed by atoms with Gasteiger partial charge < -0.3 is 9.14 Å². The smallest absolute Gasteiger partial charge is 0.256 e. The number of nitrogens with zero attached hydrogens (tertiary/aromatic N) is 5. The maximum absolute atomic E-state index is 6.07. The molecular formula is C26H25N5O.